The molecule has 3 aromatic rings. The number of carbonyl (C=O) groups excluding carboxylic acids is 2. The highest BCUT2D eigenvalue weighted by molar-refractivity contribution is 5.94. The van der Waals surface area contributed by atoms with Crippen molar-refractivity contribution in [1.82, 2.24) is 19.6 Å². The first-order valence-electron chi connectivity index (χ1n) is 9.89. The maximum absolute atomic E-state index is 13.3. The number of piperazine rings is 1. The summed E-state index contributed by atoms with van der Waals surface area (Å²) in [7, 11) is 0. The average Bonchev–Trinajstić information content (AvgIpc) is 3.25. The fraction of sp³-hybridized carbons (Fsp3) is 0.227. The Bertz CT molecular complexity index is 1120. The van der Waals surface area contributed by atoms with Gasteiger partial charge in [-0.25, -0.2) is 4.68 Å². The third-order valence-electron chi connectivity index (χ3n) is 5.32. The highest BCUT2D eigenvalue weighted by Gasteiger charge is 2.27. The SMILES string of the molecule is CC(=O)N1CCN(C(=O)c2cc(-c3ccccc3)nn2-c2ccc([N+](=O)[O-])cc2)CC1. The number of non-ortho nitro benzene ring substituents is 1. The Hall–Kier alpha value is -4.01. The molecule has 9 nitrogen and oxygen atoms in total. The third kappa shape index (κ3) is 4.16. The molecule has 0 atom stereocenters. The molecule has 0 N–H and O–H groups in total. The minimum Gasteiger partial charge on any atom is -0.339 e. The molecular formula is C22H21N5O4. The van der Waals surface area contributed by atoms with Crippen molar-refractivity contribution < 1.29 is 14.5 Å². The van der Waals surface area contributed by atoms with Crippen LogP contribution in [-0.2, 0) is 4.79 Å². The van der Waals surface area contributed by atoms with Gasteiger partial charge in [0.2, 0.25) is 5.91 Å². The van der Waals surface area contributed by atoms with Crippen molar-refractivity contribution >= 4 is 17.5 Å². The van der Waals surface area contributed by atoms with Gasteiger partial charge in [-0.05, 0) is 18.2 Å². The van der Waals surface area contributed by atoms with Gasteiger partial charge in [-0.1, -0.05) is 30.3 Å². The lowest BCUT2D eigenvalue weighted by atomic mass is 10.1. The quantitative estimate of drug-likeness (QED) is 0.478. The monoisotopic (exact) mass is 419 g/mol. The zero-order valence-corrected chi connectivity index (χ0v) is 17.0. The number of hydrogen-bond acceptors (Lipinski definition) is 5. The van der Waals surface area contributed by atoms with Crippen LogP contribution in [-0.4, -0.2) is 62.5 Å². The second kappa shape index (κ2) is 8.39. The fourth-order valence-electron chi connectivity index (χ4n) is 3.58. The van der Waals surface area contributed by atoms with E-state index in [1.54, 1.807) is 28.0 Å². The highest BCUT2D eigenvalue weighted by Crippen LogP contribution is 2.24. The molecule has 1 fully saturated rings. The predicted molar refractivity (Wildman–Crippen MR) is 114 cm³/mol. The summed E-state index contributed by atoms with van der Waals surface area (Å²) in [4.78, 5) is 38.9. The summed E-state index contributed by atoms with van der Waals surface area (Å²) in [5, 5.41) is 15.6. The Morgan fingerprint density at radius 3 is 2.13 bits per heavy atom. The van der Waals surface area contributed by atoms with E-state index in [4.69, 9.17) is 0 Å². The van der Waals surface area contributed by atoms with Crippen LogP contribution < -0.4 is 0 Å². The molecule has 2 aromatic carbocycles. The Kier molecular flexibility index (Phi) is 5.48. The van der Waals surface area contributed by atoms with E-state index < -0.39 is 4.92 Å². The lowest BCUT2D eigenvalue weighted by Gasteiger charge is -2.34. The van der Waals surface area contributed by atoms with Gasteiger partial charge in [-0.2, -0.15) is 5.10 Å². The third-order valence-corrected chi connectivity index (χ3v) is 5.32. The van der Waals surface area contributed by atoms with Crippen molar-refractivity contribution in [1.29, 1.82) is 0 Å². The van der Waals surface area contributed by atoms with Crippen LogP contribution in [0.5, 0.6) is 0 Å². The average molecular weight is 419 g/mol. The van der Waals surface area contributed by atoms with Gasteiger partial charge in [0.05, 0.1) is 16.3 Å². The molecule has 1 aliphatic rings. The maximum atomic E-state index is 13.3. The molecule has 4 rings (SSSR count). The number of amides is 2. The van der Waals surface area contributed by atoms with Crippen molar-refractivity contribution in [2.75, 3.05) is 26.2 Å². The number of benzene rings is 2. The van der Waals surface area contributed by atoms with E-state index in [0.29, 0.717) is 43.3 Å². The van der Waals surface area contributed by atoms with Crippen LogP contribution in [0.1, 0.15) is 17.4 Å². The molecule has 0 spiro atoms. The summed E-state index contributed by atoms with van der Waals surface area (Å²) in [5.74, 6) is -0.203. The molecule has 1 saturated heterocycles. The molecular weight excluding hydrogens is 398 g/mol. The first-order valence-corrected chi connectivity index (χ1v) is 9.89. The van der Waals surface area contributed by atoms with Crippen LogP contribution in [0.15, 0.2) is 60.7 Å². The van der Waals surface area contributed by atoms with Crippen LogP contribution in [0.2, 0.25) is 0 Å². The summed E-state index contributed by atoms with van der Waals surface area (Å²) in [6.07, 6.45) is 0. The summed E-state index contributed by atoms with van der Waals surface area (Å²) in [6.45, 7) is 3.36. The van der Waals surface area contributed by atoms with Crippen molar-refractivity contribution in [3.05, 3.63) is 76.5 Å². The number of carbonyl (C=O) groups is 2. The molecule has 2 heterocycles. The lowest BCUT2D eigenvalue weighted by Crippen LogP contribution is -2.50. The Labute approximate surface area is 178 Å². The standard InChI is InChI=1S/C22H21N5O4/c1-16(28)24-11-13-25(14-12-24)22(29)21-15-20(17-5-3-2-4-6-17)23-26(21)18-7-9-19(10-8-18)27(30)31/h2-10,15H,11-14H2,1H3. The van der Waals surface area contributed by atoms with Crippen molar-refractivity contribution in [2.45, 2.75) is 6.92 Å². The highest BCUT2D eigenvalue weighted by atomic mass is 16.6. The second-order valence-corrected chi connectivity index (χ2v) is 7.26. The number of nitro benzene ring substituents is 1. The summed E-state index contributed by atoms with van der Waals surface area (Å²) in [5.41, 5.74) is 2.37. The molecule has 0 aliphatic carbocycles. The summed E-state index contributed by atoms with van der Waals surface area (Å²) >= 11 is 0. The van der Waals surface area contributed by atoms with Crippen molar-refractivity contribution in [3.63, 3.8) is 0 Å². The number of nitrogens with zero attached hydrogens (tertiary/aromatic N) is 5. The van der Waals surface area contributed by atoms with E-state index in [1.807, 2.05) is 30.3 Å². The summed E-state index contributed by atoms with van der Waals surface area (Å²) in [6, 6.07) is 17.1. The van der Waals surface area contributed by atoms with E-state index in [1.165, 1.54) is 23.7 Å². The molecule has 1 aromatic heterocycles. The van der Waals surface area contributed by atoms with Gasteiger partial charge in [0.15, 0.2) is 0 Å². The van der Waals surface area contributed by atoms with Crippen LogP contribution >= 0.6 is 0 Å². The van der Waals surface area contributed by atoms with Gasteiger partial charge >= 0.3 is 0 Å². The topological polar surface area (TPSA) is 102 Å². The van der Waals surface area contributed by atoms with E-state index in [-0.39, 0.29) is 17.5 Å². The van der Waals surface area contributed by atoms with Gasteiger partial charge < -0.3 is 9.80 Å². The Morgan fingerprint density at radius 1 is 0.935 bits per heavy atom. The van der Waals surface area contributed by atoms with E-state index >= 15 is 0 Å². The molecule has 31 heavy (non-hydrogen) atoms. The Morgan fingerprint density at radius 2 is 1.55 bits per heavy atom. The second-order valence-electron chi connectivity index (χ2n) is 7.26. The normalized spacial score (nSPS) is 13.8. The molecule has 0 bridgehead atoms. The zero-order chi connectivity index (χ0) is 22.0. The maximum Gasteiger partial charge on any atom is 0.272 e. The first-order chi connectivity index (χ1) is 14.9. The smallest absolute Gasteiger partial charge is 0.272 e. The van der Waals surface area contributed by atoms with Crippen LogP contribution in [0.4, 0.5) is 5.69 Å². The molecule has 0 radical (unpaired) electrons. The number of hydrogen-bond donors (Lipinski definition) is 0. The van der Waals surface area contributed by atoms with Crippen LogP contribution in [0.3, 0.4) is 0 Å². The van der Waals surface area contributed by atoms with Crippen LogP contribution in [0.25, 0.3) is 16.9 Å². The minimum atomic E-state index is -0.469. The predicted octanol–water partition coefficient (Wildman–Crippen LogP) is 2.75. The molecule has 158 valence electrons. The van der Waals surface area contributed by atoms with Gasteiger partial charge in [-0.3, -0.25) is 19.7 Å². The van der Waals surface area contributed by atoms with Crippen molar-refractivity contribution in [3.8, 4) is 16.9 Å². The molecule has 0 unspecified atom stereocenters. The molecule has 0 saturated carbocycles. The van der Waals surface area contributed by atoms with E-state index in [9.17, 15) is 19.7 Å². The van der Waals surface area contributed by atoms with E-state index in [0.717, 1.165) is 5.56 Å². The first kappa shape index (κ1) is 20.3. The summed E-state index contributed by atoms with van der Waals surface area (Å²) < 4.78 is 1.52. The van der Waals surface area contributed by atoms with Crippen LogP contribution in [0, 0.1) is 10.1 Å². The van der Waals surface area contributed by atoms with Gasteiger partial charge in [0.25, 0.3) is 11.6 Å². The molecule has 2 amide bonds. The van der Waals surface area contributed by atoms with Gasteiger partial charge in [0, 0.05) is 50.8 Å². The van der Waals surface area contributed by atoms with Gasteiger partial charge in [0.1, 0.15) is 5.69 Å². The lowest BCUT2D eigenvalue weighted by molar-refractivity contribution is -0.384. The molecule has 9 heteroatoms. The van der Waals surface area contributed by atoms with E-state index in [2.05, 4.69) is 5.10 Å². The largest absolute Gasteiger partial charge is 0.339 e. The minimum absolute atomic E-state index is 0.00520. The van der Waals surface area contributed by atoms with Crippen molar-refractivity contribution in [2.24, 2.45) is 0 Å². The number of aromatic nitrogens is 2. The zero-order valence-electron chi connectivity index (χ0n) is 17.0. The van der Waals surface area contributed by atoms with Gasteiger partial charge in [-0.15, -0.1) is 0 Å². The fourth-order valence-corrected chi connectivity index (χ4v) is 3.58. The number of nitro groups is 1. The number of rotatable bonds is 4. The Balaban J connectivity index is 1.70. The molecule has 1 aliphatic heterocycles.